The topological polar surface area (TPSA) is 17.0 Å². The van der Waals surface area contributed by atoms with Crippen molar-refractivity contribution in [3.8, 4) is 11.3 Å². The summed E-state index contributed by atoms with van der Waals surface area (Å²) in [4.78, 5) is 0. The summed E-state index contributed by atoms with van der Waals surface area (Å²) in [5, 5.41) is 4.10. The molecule has 0 N–H and O–H groups in total. The fraction of sp³-hybridized carbons (Fsp3) is 0.276. The van der Waals surface area contributed by atoms with Crippen LogP contribution >= 0.6 is 0 Å². The van der Waals surface area contributed by atoms with Crippen LogP contribution in [0.2, 0.25) is 0 Å². The third-order valence-electron chi connectivity index (χ3n) is 5.78. The molecule has 0 saturated carbocycles. The van der Waals surface area contributed by atoms with Crippen LogP contribution in [-0.2, 0) is 13.4 Å². The van der Waals surface area contributed by atoms with Crippen LogP contribution in [0.15, 0.2) is 65.2 Å². The van der Waals surface area contributed by atoms with Gasteiger partial charge in [0.05, 0.1) is 5.56 Å². The molecule has 0 aliphatic rings. The number of aromatic nitrogens is 1. The van der Waals surface area contributed by atoms with Crippen LogP contribution < -0.4 is 4.57 Å². The molecule has 31 heavy (non-hydrogen) atoms. The quantitative estimate of drug-likeness (QED) is 0.275. The van der Waals surface area contributed by atoms with Crippen molar-refractivity contribution in [1.29, 1.82) is 0 Å². The van der Waals surface area contributed by atoms with Crippen LogP contribution in [0.25, 0.3) is 44.0 Å². The second-order valence-corrected chi connectivity index (χ2v) is 9.37. The zero-order valence-electron chi connectivity index (χ0n) is 23.6. The van der Waals surface area contributed by atoms with Gasteiger partial charge in [-0.15, -0.1) is 0 Å². The minimum Gasteiger partial charge on any atom is -0.454 e. The Bertz CT molecular complexity index is 1650. The van der Waals surface area contributed by atoms with Gasteiger partial charge >= 0.3 is 0 Å². The number of aryl methyl sites for hydroxylation is 3. The fourth-order valence-corrected chi connectivity index (χ4v) is 4.39. The molecule has 0 amide bonds. The van der Waals surface area contributed by atoms with Crippen LogP contribution in [0, 0.1) is 19.2 Å². The van der Waals surface area contributed by atoms with Gasteiger partial charge in [0.15, 0.2) is 6.20 Å². The molecular formula is C29H30NO+. The smallest absolute Gasteiger partial charge is 0.216 e. The van der Waals surface area contributed by atoms with Crippen molar-refractivity contribution >= 4 is 32.7 Å². The number of hydrogen-bond donors (Lipinski definition) is 0. The van der Waals surface area contributed by atoms with Crippen molar-refractivity contribution in [2.75, 3.05) is 0 Å². The minimum atomic E-state index is -2.45. The minimum absolute atomic E-state index is 0.0223. The number of pyridine rings is 1. The lowest BCUT2D eigenvalue weighted by Gasteiger charge is -2.19. The lowest BCUT2D eigenvalue weighted by molar-refractivity contribution is -0.660. The van der Waals surface area contributed by atoms with E-state index in [9.17, 15) is 0 Å². The van der Waals surface area contributed by atoms with E-state index in [1.807, 2.05) is 31.2 Å². The van der Waals surface area contributed by atoms with Gasteiger partial charge < -0.3 is 4.42 Å². The summed E-state index contributed by atoms with van der Waals surface area (Å²) in [6.45, 7) is 4.91. The van der Waals surface area contributed by atoms with Crippen LogP contribution in [0.3, 0.4) is 0 Å². The molecule has 5 aromatic rings. The van der Waals surface area contributed by atoms with Crippen LogP contribution in [0.4, 0.5) is 0 Å². The Hall–Kier alpha value is -3.13. The molecule has 0 atom stereocenters. The van der Waals surface area contributed by atoms with Gasteiger partial charge in [0.2, 0.25) is 5.69 Å². The number of hydrogen-bond acceptors (Lipinski definition) is 1. The standard InChI is InChI=1S/C29H30NO/c1-18-11-13-24-23-14-12-20-9-7-8-10-22(20)27(23)31-28(24)26(18)25-15-21(16-29(3,4)5)19(2)17-30(25)6/h7-15,17H,16H2,1-6H3/q+1/i2D3,16D2. The Labute approximate surface area is 191 Å². The van der Waals surface area contributed by atoms with Crippen LogP contribution in [0.5, 0.6) is 0 Å². The third kappa shape index (κ3) is 3.31. The first-order chi connectivity index (χ1) is 16.7. The molecule has 3 aromatic carbocycles. The van der Waals surface area contributed by atoms with Crippen molar-refractivity contribution < 1.29 is 15.8 Å². The van der Waals surface area contributed by atoms with Crippen molar-refractivity contribution in [2.24, 2.45) is 12.5 Å². The van der Waals surface area contributed by atoms with Crippen molar-refractivity contribution in [2.45, 2.75) is 40.9 Å². The maximum atomic E-state index is 8.95. The summed E-state index contributed by atoms with van der Waals surface area (Å²) < 4.78 is 50.6. The Kier molecular flexibility index (Phi) is 3.32. The molecular weight excluding hydrogens is 378 g/mol. The summed E-state index contributed by atoms with van der Waals surface area (Å²) in [6, 6.07) is 18.1. The van der Waals surface area contributed by atoms with E-state index >= 15 is 0 Å². The Morgan fingerprint density at radius 2 is 1.68 bits per heavy atom. The van der Waals surface area contributed by atoms with E-state index < -0.39 is 18.6 Å². The highest BCUT2D eigenvalue weighted by Gasteiger charge is 2.24. The van der Waals surface area contributed by atoms with Crippen LogP contribution in [-0.4, -0.2) is 0 Å². The molecule has 0 bridgehead atoms. The molecule has 2 nitrogen and oxygen atoms in total. The van der Waals surface area contributed by atoms with Gasteiger partial charge in [-0.2, -0.15) is 0 Å². The zero-order chi connectivity index (χ0) is 26.2. The molecule has 0 aliphatic heterocycles. The summed E-state index contributed by atoms with van der Waals surface area (Å²) in [6.07, 6.45) is -0.330. The largest absolute Gasteiger partial charge is 0.454 e. The number of fused-ring (bicyclic) bond motifs is 5. The molecule has 0 radical (unpaired) electrons. The highest BCUT2D eigenvalue weighted by Crippen LogP contribution is 2.40. The van der Waals surface area contributed by atoms with E-state index in [0.29, 0.717) is 11.3 Å². The molecule has 0 unspecified atom stereocenters. The van der Waals surface area contributed by atoms with E-state index in [-0.39, 0.29) is 11.1 Å². The van der Waals surface area contributed by atoms with E-state index in [0.717, 1.165) is 38.3 Å². The fourth-order valence-electron chi connectivity index (χ4n) is 4.39. The van der Waals surface area contributed by atoms with Gasteiger partial charge in [-0.1, -0.05) is 63.2 Å². The Morgan fingerprint density at radius 3 is 2.45 bits per heavy atom. The monoisotopic (exact) mass is 413 g/mol. The van der Waals surface area contributed by atoms with Gasteiger partial charge in [0, 0.05) is 34.6 Å². The molecule has 0 saturated heterocycles. The molecule has 0 aliphatic carbocycles. The maximum absolute atomic E-state index is 8.95. The average Bonchev–Trinajstić information content (AvgIpc) is 3.17. The normalized spacial score (nSPS) is 15.6. The van der Waals surface area contributed by atoms with Gasteiger partial charge in [-0.05, 0) is 48.1 Å². The van der Waals surface area contributed by atoms with Gasteiger partial charge in [0.25, 0.3) is 0 Å². The second kappa shape index (κ2) is 6.95. The summed E-state index contributed by atoms with van der Waals surface area (Å²) >= 11 is 0. The van der Waals surface area contributed by atoms with Crippen molar-refractivity contribution in [3.05, 3.63) is 77.5 Å². The number of nitrogens with zero attached hydrogens (tertiary/aromatic N) is 1. The SMILES string of the molecule is [2H]C([2H])([2H])c1c[n+](C)c(-c2c(C)ccc3c2oc2c4ccccc4ccc32)cc1C([2H])([2H])C(C)(C)C. The Morgan fingerprint density at radius 1 is 0.935 bits per heavy atom. The van der Waals surface area contributed by atoms with E-state index in [4.69, 9.17) is 11.3 Å². The molecule has 0 fully saturated rings. The molecule has 2 heterocycles. The van der Waals surface area contributed by atoms with E-state index in [1.165, 1.54) is 0 Å². The van der Waals surface area contributed by atoms with E-state index in [2.05, 4.69) is 24.3 Å². The summed E-state index contributed by atoms with van der Waals surface area (Å²) in [5.41, 5.74) is 3.41. The molecule has 2 aromatic heterocycles. The number of benzene rings is 3. The lowest BCUT2D eigenvalue weighted by atomic mass is 9.86. The van der Waals surface area contributed by atoms with Crippen LogP contribution in [0.1, 0.15) is 44.3 Å². The number of furan rings is 1. The first kappa shape index (κ1) is 14.8. The second-order valence-electron chi connectivity index (χ2n) is 9.37. The molecule has 5 rings (SSSR count). The number of rotatable bonds is 2. The highest BCUT2D eigenvalue weighted by molar-refractivity contribution is 6.17. The molecule has 156 valence electrons. The summed E-state index contributed by atoms with van der Waals surface area (Å²) in [5.74, 6) is 0. The lowest BCUT2D eigenvalue weighted by Crippen LogP contribution is -2.32. The predicted octanol–water partition coefficient (Wildman–Crippen LogP) is 7.44. The molecule has 2 heteroatoms. The Balaban J connectivity index is 1.89. The van der Waals surface area contributed by atoms with Gasteiger partial charge in [0.1, 0.15) is 18.2 Å². The third-order valence-corrected chi connectivity index (χ3v) is 5.78. The first-order valence-electron chi connectivity index (χ1n) is 13.1. The van der Waals surface area contributed by atoms with Crippen molar-refractivity contribution in [1.82, 2.24) is 0 Å². The van der Waals surface area contributed by atoms with Crippen molar-refractivity contribution in [3.63, 3.8) is 0 Å². The van der Waals surface area contributed by atoms with E-state index in [1.54, 1.807) is 44.6 Å². The summed E-state index contributed by atoms with van der Waals surface area (Å²) in [7, 11) is 1.80. The zero-order valence-corrected chi connectivity index (χ0v) is 18.6. The molecule has 0 spiro atoms. The predicted molar refractivity (Wildman–Crippen MR) is 130 cm³/mol. The first-order valence-corrected chi connectivity index (χ1v) is 10.6. The van der Waals surface area contributed by atoms with Gasteiger partial charge in [-0.25, -0.2) is 4.57 Å². The maximum Gasteiger partial charge on any atom is 0.216 e. The average molecular weight is 414 g/mol. The highest BCUT2D eigenvalue weighted by atomic mass is 16.3. The van der Waals surface area contributed by atoms with Gasteiger partial charge in [-0.3, -0.25) is 0 Å².